The van der Waals surface area contributed by atoms with E-state index in [1.54, 1.807) is 0 Å². The number of nitrogens with one attached hydrogen (secondary N) is 1. The number of benzene rings is 1. The van der Waals surface area contributed by atoms with Crippen molar-refractivity contribution in [2.75, 3.05) is 13.2 Å². The highest BCUT2D eigenvalue weighted by atomic mass is 16.7. The lowest BCUT2D eigenvalue weighted by molar-refractivity contribution is -0.179. The summed E-state index contributed by atoms with van der Waals surface area (Å²) in [4.78, 5) is 3.16. The highest BCUT2D eigenvalue weighted by molar-refractivity contribution is 5.80. The Labute approximate surface area is 113 Å². The van der Waals surface area contributed by atoms with Crippen LogP contribution in [0.25, 0.3) is 10.9 Å². The lowest BCUT2D eigenvalue weighted by Gasteiger charge is -2.22. The Morgan fingerprint density at radius 1 is 1.16 bits per heavy atom. The summed E-state index contributed by atoms with van der Waals surface area (Å²) in [6, 6.07) is 8.10. The normalized spacial score (nSPS) is 11.3. The maximum absolute atomic E-state index is 5.56. The Kier molecular flexibility index (Phi) is 4.26. The molecule has 1 heterocycles. The van der Waals surface area contributed by atoms with Gasteiger partial charge in [-0.3, -0.25) is 0 Å². The summed E-state index contributed by atoms with van der Waals surface area (Å²) in [5.74, 6) is 5.35. The molecule has 1 N–H and O–H groups in total. The molecule has 0 bridgehead atoms. The molecule has 0 fully saturated rings. The highest BCUT2D eigenvalue weighted by Gasteiger charge is 2.21. The van der Waals surface area contributed by atoms with E-state index in [1.165, 1.54) is 0 Å². The minimum Gasteiger partial charge on any atom is -0.361 e. The van der Waals surface area contributed by atoms with Gasteiger partial charge in [0.25, 0.3) is 0 Å². The second-order valence-electron chi connectivity index (χ2n) is 4.34. The van der Waals surface area contributed by atoms with Crippen LogP contribution in [-0.2, 0) is 9.47 Å². The summed E-state index contributed by atoms with van der Waals surface area (Å²) in [5, 5.41) is 1.15. The summed E-state index contributed by atoms with van der Waals surface area (Å²) in [7, 11) is 0. The van der Waals surface area contributed by atoms with Crippen LogP contribution in [0.5, 0.6) is 0 Å². The fraction of sp³-hybridized carbons (Fsp3) is 0.375. The lowest BCUT2D eigenvalue weighted by atomic mass is 10.1. The molecule has 1 aromatic heterocycles. The second-order valence-corrected chi connectivity index (χ2v) is 4.34. The molecule has 0 unspecified atom stereocenters. The fourth-order valence-corrected chi connectivity index (χ4v) is 1.98. The first-order valence-corrected chi connectivity index (χ1v) is 6.55. The predicted octanol–water partition coefficient (Wildman–Crippen LogP) is 3.31. The number of aromatic nitrogens is 1. The number of rotatable bonds is 4. The summed E-state index contributed by atoms with van der Waals surface area (Å²) in [6.45, 7) is 6.86. The molecule has 3 heteroatoms. The van der Waals surface area contributed by atoms with Crippen molar-refractivity contribution < 1.29 is 9.47 Å². The molecule has 1 aromatic carbocycles. The average Bonchev–Trinajstić information content (AvgIpc) is 2.84. The topological polar surface area (TPSA) is 34.2 Å². The van der Waals surface area contributed by atoms with Crippen molar-refractivity contribution in [3.05, 3.63) is 36.0 Å². The molecule has 0 spiro atoms. The van der Waals surface area contributed by atoms with Crippen molar-refractivity contribution in [2.24, 2.45) is 0 Å². The highest BCUT2D eigenvalue weighted by Crippen LogP contribution is 2.15. The van der Waals surface area contributed by atoms with Crippen molar-refractivity contribution in [2.45, 2.75) is 26.6 Å². The number of ether oxygens (including phenoxy) is 2. The maximum atomic E-state index is 5.56. The van der Waals surface area contributed by atoms with E-state index in [4.69, 9.17) is 9.47 Å². The third kappa shape index (κ3) is 3.37. The molecule has 19 heavy (non-hydrogen) atoms. The van der Waals surface area contributed by atoms with Crippen molar-refractivity contribution in [3.63, 3.8) is 0 Å². The van der Waals surface area contributed by atoms with Crippen molar-refractivity contribution in [1.29, 1.82) is 0 Å². The predicted molar refractivity (Wildman–Crippen MR) is 76.8 cm³/mol. The van der Waals surface area contributed by atoms with Crippen LogP contribution in [0.15, 0.2) is 30.5 Å². The van der Waals surface area contributed by atoms with E-state index < -0.39 is 5.79 Å². The Bertz CT molecular complexity index is 598. The zero-order valence-electron chi connectivity index (χ0n) is 11.6. The quantitative estimate of drug-likeness (QED) is 0.673. The second kappa shape index (κ2) is 5.92. The van der Waals surface area contributed by atoms with Crippen LogP contribution in [0.3, 0.4) is 0 Å². The van der Waals surface area contributed by atoms with Gasteiger partial charge in [-0.25, -0.2) is 0 Å². The Balaban J connectivity index is 2.25. The molecule has 0 aliphatic rings. The largest absolute Gasteiger partial charge is 0.361 e. The minimum atomic E-state index is -0.837. The van der Waals surface area contributed by atoms with E-state index >= 15 is 0 Å². The lowest BCUT2D eigenvalue weighted by Crippen LogP contribution is -2.30. The van der Waals surface area contributed by atoms with Gasteiger partial charge in [-0.2, -0.15) is 0 Å². The van der Waals surface area contributed by atoms with Crippen LogP contribution in [-0.4, -0.2) is 24.0 Å². The van der Waals surface area contributed by atoms with Crippen molar-refractivity contribution in [3.8, 4) is 11.8 Å². The SMILES string of the molecule is CCOC(C)(C#Cc1ccc2[nH]ccc2c1)OCC. The fourth-order valence-electron chi connectivity index (χ4n) is 1.98. The molecule has 3 nitrogen and oxygen atoms in total. The number of fused-ring (bicyclic) bond motifs is 1. The van der Waals surface area contributed by atoms with Crippen molar-refractivity contribution in [1.82, 2.24) is 4.98 Å². The zero-order chi connectivity index (χ0) is 13.7. The maximum Gasteiger partial charge on any atom is 0.230 e. The summed E-state index contributed by atoms with van der Waals surface area (Å²) in [6.07, 6.45) is 1.92. The molecule has 0 amide bonds. The van der Waals surface area contributed by atoms with E-state index in [2.05, 4.69) is 22.9 Å². The Hall–Kier alpha value is -1.76. The van der Waals surface area contributed by atoms with E-state index in [0.717, 1.165) is 16.5 Å². The van der Waals surface area contributed by atoms with Gasteiger partial charge in [-0.05, 0) is 44.0 Å². The van der Waals surface area contributed by atoms with Crippen LogP contribution < -0.4 is 0 Å². The van der Waals surface area contributed by atoms with Gasteiger partial charge in [0.05, 0.1) is 0 Å². The molecule has 0 saturated heterocycles. The van der Waals surface area contributed by atoms with E-state index in [1.807, 2.05) is 45.2 Å². The first-order chi connectivity index (χ1) is 9.17. The van der Waals surface area contributed by atoms with Gasteiger partial charge in [-0.1, -0.05) is 5.92 Å². The molecule has 0 saturated carbocycles. The van der Waals surface area contributed by atoms with E-state index in [9.17, 15) is 0 Å². The van der Waals surface area contributed by atoms with E-state index in [0.29, 0.717) is 13.2 Å². The van der Waals surface area contributed by atoms with Crippen LogP contribution in [0, 0.1) is 11.8 Å². The number of hydrogen-bond donors (Lipinski definition) is 1. The molecular weight excluding hydrogens is 238 g/mol. The first kappa shape index (κ1) is 13.7. The molecule has 0 aliphatic carbocycles. The molecule has 100 valence electrons. The third-order valence-electron chi connectivity index (χ3n) is 2.83. The number of H-pyrrole nitrogens is 1. The zero-order valence-corrected chi connectivity index (χ0v) is 11.6. The number of aromatic amines is 1. The van der Waals surface area contributed by atoms with Crippen molar-refractivity contribution >= 4 is 10.9 Å². The summed E-state index contributed by atoms with van der Waals surface area (Å²) in [5.41, 5.74) is 2.07. The van der Waals surface area contributed by atoms with Gasteiger partial charge in [0.1, 0.15) is 0 Å². The Morgan fingerprint density at radius 3 is 2.58 bits per heavy atom. The number of hydrogen-bond acceptors (Lipinski definition) is 2. The third-order valence-corrected chi connectivity index (χ3v) is 2.83. The standard InChI is InChI=1S/C16H19NO2/c1-4-18-16(3,19-5-2)10-8-13-6-7-15-14(12-13)9-11-17-15/h6-7,9,11-12,17H,4-5H2,1-3H3. The molecule has 0 radical (unpaired) electrons. The van der Waals surface area contributed by atoms with Crippen LogP contribution in [0.2, 0.25) is 0 Å². The molecule has 2 aromatic rings. The van der Waals surface area contributed by atoms with E-state index in [-0.39, 0.29) is 0 Å². The van der Waals surface area contributed by atoms with Gasteiger partial charge >= 0.3 is 0 Å². The smallest absolute Gasteiger partial charge is 0.230 e. The van der Waals surface area contributed by atoms with Gasteiger partial charge in [0.2, 0.25) is 5.79 Å². The first-order valence-electron chi connectivity index (χ1n) is 6.55. The molecular formula is C16H19NO2. The average molecular weight is 257 g/mol. The van der Waals surface area contributed by atoms with Crippen LogP contribution in [0.1, 0.15) is 26.3 Å². The van der Waals surface area contributed by atoms with Gasteiger partial charge in [0.15, 0.2) is 0 Å². The van der Waals surface area contributed by atoms with Gasteiger partial charge < -0.3 is 14.5 Å². The monoisotopic (exact) mass is 257 g/mol. The Morgan fingerprint density at radius 2 is 1.89 bits per heavy atom. The van der Waals surface area contributed by atoms with Crippen LogP contribution in [0.4, 0.5) is 0 Å². The van der Waals surface area contributed by atoms with Crippen LogP contribution >= 0.6 is 0 Å². The molecule has 0 aliphatic heterocycles. The molecule has 0 atom stereocenters. The molecule has 2 rings (SSSR count). The summed E-state index contributed by atoms with van der Waals surface area (Å²) >= 11 is 0. The summed E-state index contributed by atoms with van der Waals surface area (Å²) < 4.78 is 11.1. The van der Waals surface area contributed by atoms with Gasteiger partial charge in [-0.15, -0.1) is 0 Å². The van der Waals surface area contributed by atoms with Gasteiger partial charge in [0, 0.05) is 42.8 Å². The minimum absolute atomic E-state index is 0.571.